The standard InChI is InChI=1S/C32H20BIN2O3/c33-35(21-9-3-1-4-10-21)23-15-17-27-29(19-23)38-30-20-24(36(34)22-11-5-2-6-12-22)16-18-28(30)32(27)26-14-8-7-13-25(26)31(37)39-32/h1-20H. The summed E-state index contributed by atoms with van der Waals surface area (Å²) >= 11 is 2.28. The van der Waals surface area contributed by atoms with Gasteiger partial charge in [0.25, 0.3) is 0 Å². The Morgan fingerprint density at radius 3 is 1.87 bits per heavy atom. The minimum absolute atomic E-state index is 0.359. The second-order valence-corrected chi connectivity index (χ2v) is 10.4. The van der Waals surface area contributed by atoms with Crippen molar-refractivity contribution >= 4 is 59.6 Å². The average Bonchev–Trinajstić information content (AvgIpc) is 3.29. The number of rotatable bonds is 4. The van der Waals surface area contributed by atoms with E-state index >= 15 is 0 Å². The molecule has 5 aromatic carbocycles. The number of fused-ring (bicyclic) bond motifs is 6. The molecule has 1 atom stereocenters. The summed E-state index contributed by atoms with van der Waals surface area (Å²) in [4.78, 5) is 14.8. The summed E-state index contributed by atoms with van der Waals surface area (Å²) < 4.78 is 14.9. The minimum Gasteiger partial charge on any atom is -0.456 e. The van der Waals surface area contributed by atoms with Crippen LogP contribution in [0.1, 0.15) is 27.0 Å². The molecular weight excluding hydrogens is 598 g/mol. The van der Waals surface area contributed by atoms with E-state index in [-0.39, 0.29) is 5.97 Å². The molecule has 5 aromatic rings. The van der Waals surface area contributed by atoms with Crippen LogP contribution in [-0.2, 0) is 10.3 Å². The highest BCUT2D eigenvalue weighted by molar-refractivity contribution is 14.1. The molecule has 2 heterocycles. The van der Waals surface area contributed by atoms with Gasteiger partial charge in [-0.2, -0.15) is 0 Å². The molecule has 0 saturated heterocycles. The maximum atomic E-state index is 13.2. The zero-order valence-corrected chi connectivity index (χ0v) is 22.8. The summed E-state index contributed by atoms with van der Waals surface area (Å²) in [5, 5.41) is 0. The fraction of sp³-hybridized carbons (Fsp3) is 0.0312. The summed E-state index contributed by atoms with van der Waals surface area (Å²) in [6.07, 6.45) is 0. The number of benzene rings is 5. The first-order chi connectivity index (χ1) is 19.1. The molecule has 1 unspecified atom stereocenters. The lowest BCUT2D eigenvalue weighted by Crippen LogP contribution is -2.33. The Hall–Kier alpha value is -4.24. The zero-order valence-electron chi connectivity index (χ0n) is 20.6. The normalized spacial score (nSPS) is 16.5. The van der Waals surface area contributed by atoms with E-state index in [2.05, 4.69) is 26.0 Å². The van der Waals surface area contributed by atoms with Crippen molar-refractivity contribution in [1.82, 2.24) is 0 Å². The van der Waals surface area contributed by atoms with E-state index in [4.69, 9.17) is 17.5 Å². The van der Waals surface area contributed by atoms with Crippen LogP contribution >= 0.6 is 22.9 Å². The van der Waals surface area contributed by atoms with Crippen molar-refractivity contribution in [3.8, 4) is 11.5 Å². The van der Waals surface area contributed by atoms with Gasteiger partial charge in [-0.1, -0.05) is 54.6 Å². The van der Waals surface area contributed by atoms with Gasteiger partial charge in [0, 0.05) is 40.2 Å². The Kier molecular flexibility index (Phi) is 5.63. The van der Waals surface area contributed by atoms with E-state index in [0.717, 1.165) is 39.4 Å². The van der Waals surface area contributed by atoms with E-state index in [1.165, 1.54) is 0 Å². The molecule has 2 aliphatic rings. The first kappa shape index (κ1) is 23.9. The molecular formula is C32H20BIN2O3. The average molecular weight is 618 g/mol. The van der Waals surface area contributed by atoms with Crippen LogP contribution in [0.25, 0.3) is 0 Å². The van der Waals surface area contributed by atoms with Crippen molar-refractivity contribution in [2.75, 3.05) is 7.92 Å². The molecule has 0 N–H and O–H groups in total. The first-order valence-corrected chi connectivity index (χ1v) is 13.4. The largest absolute Gasteiger partial charge is 0.456 e. The maximum absolute atomic E-state index is 13.2. The molecule has 0 amide bonds. The topological polar surface area (TPSA) is 42.0 Å². The van der Waals surface area contributed by atoms with Gasteiger partial charge in [0.05, 0.1) is 39.8 Å². The van der Waals surface area contributed by atoms with Crippen LogP contribution in [0.3, 0.4) is 0 Å². The number of carbonyl (C=O) groups is 1. The van der Waals surface area contributed by atoms with Crippen molar-refractivity contribution in [1.29, 1.82) is 0 Å². The van der Waals surface area contributed by atoms with Crippen LogP contribution in [0.5, 0.6) is 11.5 Å². The molecule has 0 aromatic heterocycles. The molecule has 186 valence electrons. The van der Waals surface area contributed by atoms with Crippen LogP contribution in [0, 0.1) is 0 Å². The van der Waals surface area contributed by atoms with E-state index in [0.29, 0.717) is 17.1 Å². The van der Waals surface area contributed by atoms with Gasteiger partial charge in [-0.15, -0.1) is 0 Å². The van der Waals surface area contributed by atoms with Crippen LogP contribution < -0.4 is 12.7 Å². The number of ether oxygens (including phenoxy) is 2. The molecule has 0 bridgehead atoms. The van der Waals surface area contributed by atoms with Crippen molar-refractivity contribution in [2.24, 2.45) is 0 Å². The fourth-order valence-electron chi connectivity index (χ4n) is 5.37. The Morgan fingerprint density at radius 1 is 0.615 bits per heavy atom. The second kappa shape index (κ2) is 9.20. The lowest BCUT2D eigenvalue weighted by atomic mass is 9.77. The third-order valence-corrected chi connectivity index (χ3v) is 8.32. The monoisotopic (exact) mass is 618 g/mol. The highest BCUT2D eigenvalue weighted by Gasteiger charge is 2.53. The van der Waals surface area contributed by atoms with Crippen LogP contribution in [0.4, 0.5) is 22.7 Å². The molecule has 7 heteroatoms. The van der Waals surface area contributed by atoms with Crippen LogP contribution in [0.2, 0.25) is 0 Å². The van der Waals surface area contributed by atoms with Crippen molar-refractivity contribution in [2.45, 2.75) is 5.60 Å². The SMILES string of the molecule is [B]N(c1ccccc1)c1ccc2c(c1)Oc1cc(N(I)c3ccccc3)ccc1C21OC(=O)c2ccccc21. The van der Waals surface area contributed by atoms with Crippen LogP contribution in [-0.4, -0.2) is 14.0 Å². The minimum atomic E-state index is -1.14. The Bertz CT molecular complexity index is 1630. The van der Waals surface area contributed by atoms with Gasteiger partial charge in [0.2, 0.25) is 7.98 Å². The van der Waals surface area contributed by atoms with Crippen LogP contribution in [0.15, 0.2) is 121 Å². The molecule has 5 nitrogen and oxygen atoms in total. The smallest absolute Gasteiger partial charge is 0.340 e. The van der Waals surface area contributed by atoms with Crippen molar-refractivity contribution in [3.05, 3.63) is 144 Å². The Balaban J connectivity index is 1.41. The number of hydrogen-bond acceptors (Lipinski definition) is 5. The first-order valence-electron chi connectivity index (χ1n) is 12.5. The van der Waals surface area contributed by atoms with E-state index < -0.39 is 5.60 Å². The van der Waals surface area contributed by atoms with Gasteiger partial charge in [-0.05, 0) is 54.6 Å². The summed E-state index contributed by atoms with van der Waals surface area (Å²) in [5.74, 6) is 0.831. The van der Waals surface area contributed by atoms with Gasteiger partial charge in [0.1, 0.15) is 11.5 Å². The molecule has 0 aliphatic carbocycles. The second-order valence-electron chi connectivity index (χ2n) is 9.40. The molecule has 2 radical (unpaired) electrons. The van der Waals surface area contributed by atoms with E-state index in [1.54, 1.807) is 4.81 Å². The number of hydrogen-bond donors (Lipinski definition) is 0. The summed E-state index contributed by atoms with van der Waals surface area (Å²) in [6, 6.07) is 39.1. The van der Waals surface area contributed by atoms with Crippen molar-refractivity contribution in [3.63, 3.8) is 0 Å². The Labute approximate surface area is 241 Å². The molecule has 2 aliphatic heterocycles. The summed E-state index contributed by atoms with van der Waals surface area (Å²) in [6.45, 7) is 0. The Morgan fingerprint density at radius 2 is 1.18 bits per heavy atom. The van der Waals surface area contributed by atoms with E-state index in [9.17, 15) is 4.79 Å². The van der Waals surface area contributed by atoms with Crippen molar-refractivity contribution < 1.29 is 14.3 Å². The predicted molar refractivity (Wildman–Crippen MR) is 162 cm³/mol. The lowest BCUT2D eigenvalue weighted by Gasteiger charge is -2.37. The van der Waals surface area contributed by atoms with Gasteiger partial charge in [-0.3, -0.25) is 3.11 Å². The lowest BCUT2D eigenvalue weighted by molar-refractivity contribution is 0.0224. The number of esters is 1. The molecule has 0 fully saturated rings. The molecule has 1 spiro atoms. The summed E-state index contributed by atoms with van der Waals surface area (Å²) in [7, 11) is 6.50. The summed E-state index contributed by atoms with van der Waals surface area (Å²) in [5.41, 5.74) is 5.28. The maximum Gasteiger partial charge on any atom is 0.340 e. The number of anilines is 4. The van der Waals surface area contributed by atoms with E-state index in [1.807, 2.05) is 121 Å². The predicted octanol–water partition coefficient (Wildman–Crippen LogP) is 7.96. The quantitative estimate of drug-likeness (QED) is 0.0886. The highest BCUT2D eigenvalue weighted by Crippen LogP contribution is 2.57. The van der Waals surface area contributed by atoms with Gasteiger partial charge < -0.3 is 14.3 Å². The number of halogens is 1. The highest BCUT2D eigenvalue weighted by atomic mass is 127. The van der Waals surface area contributed by atoms with Gasteiger partial charge in [0.15, 0.2) is 5.60 Å². The number of nitrogens with zero attached hydrogens (tertiary/aromatic N) is 2. The zero-order chi connectivity index (χ0) is 26.6. The number of carbonyl (C=O) groups excluding carboxylic acids is 1. The number of para-hydroxylation sites is 2. The van der Waals surface area contributed by atoms with Gasteiger partial charge in [-0.25, -0.2) is 4.79 Å². The third-order valence-electron chi connectivity index (χ3n) is 7.20. The molecule has 0 saturated carbocycles. The molecule has 7 rings (SSSR count). The third kappa shape index (κ3) is 3.71. The fourth-order valence-corrected chi connectivity index (χ4v) is 5.99. The molecule has 39 heavy (non-hydrogen) atoms. The van der Waals surface area contributed by atoms with Gasteiger partial charge >= 0.3 is 5.97 Å².